The summed E-state index contributed by atoms with van der Waals surface area (Å²) in [7, 11) is 0. The van der Waals surface area contributed by atoms with Crippen molar-refractivity contribution in [2.45, 2.75) is 56.9 Å². The first-order valence-electron chi connectivity index (χ1n) is 16.2. The Morgan fingerprint density at radius 3 is 1.51 bits per heavy atom. The Labute approximate surface area is 263 Å². The molecule has 0 saturated carbocycles. The van der Waals surface area contributed by atoms with E-state index in [1.165, 1.54) is 22.3 Å². The van der Waals surface area contributed by atoms with Crippen LogP contribution in [0.2, 0.25) is 0 Å². The smallest absolute Gasteiger partial charge is 0.352 e. The van der Waals surface area contributed by atoms with E-state index in [0.717, 1.165) is 58.7 Å². The van der Waals surface area contributed by atoms with Gasteiger partial charge < -0.3 is 28.4 Å². The zero-order valence-electron chi connectivity index (χ0n) is 25.8. The number of hydrogen-bond acceptors (Lipinski definition) is 6. The van der Waals surface area contributed by atoms with Crippen LogP contribution < -0.4 is 9.47 Å². The van der Waals surface area contributed by atoms with Gasteiger partial charge in [0.25, 0.3) is 0 Å². The van der Waals surface area contributed by atoms with Crippen LogP contribution in [0.3, 0.4) is 0 Å². The van der Waals surface area contributed by atoms with Gasteiger partial charge >= 0.3 is 11.9 Å². The van der Waals surface area contributed by atoms with Gasteiger partial charge in [0.05, 0.1) is 13.2 Å². The van der Waals surface area contributed by atoms with E-state index in [9.17, 15) is 0 Å². The van der Waals surface area contributed by atoms with Gasteiger partial charge in [-0.1, -0.05) is 98.8 Å². The fourth-order valence-corrected chi connectivity index (χ4v) is 7.09. The summed E-state index contributed by atoms with van der Waals surface area (Å²) in [5.41, 5.74) is 4.82. The van der Waals surface area contributed by atoms with E-state index in [1.807, 2.05) is 0 Å². The fraction of sp³-hybridized carbons (Fsp3) is 0.333. The highest BCUT2D eigenvalue weighted by molar-refractivity contribution is 5.97. The molecule has 2 unspecified atom stereocenters. The zero-order chi connectivity index (χ0) is 30.5. The largest absolute Gasteiger partial charge is 0.437 e. The van der Waals surface area contributed by atoms with Gasteiger partial charge in [-0.2, -0.15) is 0 Å². The normalized spacial score (nSPS) is 24.9. The molecule has 2 saturated heterocycles. The van der Waals surface area contributed by atoms with E-state index in [2.05, 4.69) is 111 Å². The minimum absolute atomic E-state index is 0.397. The molecule has 0 bridgehead atoms. The van der Waals surface area contributed by atoms with Crippen LogP contribution in [0.25, 0.3) is 21.5 Å². The first-order valence-corrected chi connectivity index (χ1v) is 16.2. The van der Waals surface area contributed by atoms with Gasteiger partial charge in [-0.05, 0) is 70.8 Å². The van der Waals surface area contributed by atoms with E-state index in [1.54, 1.807) is 0 Å². The van der Waals surface area contributed by atoms with Gasteiger partial charge in [-0.15, -0.1) is 0 Å². The van der Waals surface area contributed by atoms with E-state index < -0.39 is 17.4 Å². The third-order valence-corrected chi connectivity index (χ3v) is 9.28. The van der Waals surface area contributed by atoms with Crippen LogP contribution in [-0.2, 0) is 30.8 Å². The molecule has 45 heavy (non-hydrogen) atoms. The van der Waals surface area contributed by atoms with Crippen molar-refractivity contribution in [3.63, 3.8) is 0 Å². The summed E-state index contributed by atoms with van der Waals surface area (Å²) < 4.78 is 36.1. The second-order valence-electron chi connectivity index (χ2n) is 12.2. The predicted molar refractivity (Wildman–Crippen MR) is 174 cm³/mol. The van der Waals surface area contributed by atoms with Gasteiger partial charge in [0.1, 0.15) is 24.7 Å². The van der Waals surface area contributed by atoms with Crippen LogP contribution in [0.15, 0.2) is 97.1 Å². The summed E-state index contributed by atoms with van der Waals surface area (Å²) in [5.74, 6) is -0.458. The maximum atomic E-state index is 6.44. The van der Waals surface area contributed by atoms with Gasteiger partial charge in [-0.3, -0.25) is 0 Å². The second-order valence-corrected chi connectivity index (χ2v) is 12.2. The lowest BCUT2D eigenvalue weighted by Gasteiger charge is -2.35. The molecule has 5 aromatic rings. The van der Waals surface area contributed by atoms with E-state index in [0.29, 0.717) is 26.4 Å². The highest BCUT2D eigenvalue weighted by Gasteiger charge is 2.52. The Hall–Kier alpha value is -3.94. The molecule has 0 radical (unpaired) electrons. The highest BCUT2D eigenvalue weighted by atomic mass is 16.9. The number of aryl methyl sites for hydroxylation is 1. The SMILES string of the molecule is CCCOC1(Oc2ccc(C3(c4ccc(OC5(OCCC)CO5)c5ccccc45)CCc4ccccc43)c3ccccc23)CO1. The van der Waals surface area contributed by atoms with Crippen molar-refractivity contribution in [1.29, 1.82) is 0 Å². The molecule has 6 heteroatoms. The van der Waals surface area contributed by atoms with E-state index in [-0.39, 0.29) is 0 Å². The number of fused-ring (bicyclic) bond motifs is 3. The topological polar surface area (TPSA) is 62.0 Å². The van der Waals surface area contributed by atoms with E-state index in [4.69, 9.17) is 28.4 Å². The molecule has 2 fully saturated rings. The molecule has 1 aliphatic carbocycles. The fourth-order valence-electron chi connectivity index (χ4n) is 7.09. The Bertz CT molecular complexity index is 1760. The first kappa shape index (κ1) is 28.5. The molecule has 2 aliphatic heterocycles. The molecule has 6 nitrogen and oxygen atoms in total. The van der Waals surface area contributed by atoms with Crippen molar-refractivity contribution in [2.24, 2.45) is 0 Å². The summed E-state index contributed by atoms with van der Waals surface area (Å²) >= 11 is 0. The first-order chi connectivity index (χ1) is 22.1. The summed E-state index contributed by atoms with van der Waals surface area (Å²) in [6, 6.07) is 34.6. The molecule has 0 spiro atoms. The molecular weight excluding hydrogens is 564 g/mol. The third kappa shape index (κ3) is 4.88. The minimum Gasteiger partial charge on any atom is -0.437 e. The summed E-state index contributed by atoms with van der Waals surface area (Å²) in [4.78, 5) is 0. The van der Waals surface area contributed by atoms with Crippen LogP contribution in [0.4, 0.5) is 0 Å². The van der Waals surface area contributed by atoms with Crippen molar-refractivity contribution in [2.75, 3.05) is 26.4 Å². The van der Waals surface area contributed by atoms with Crippen molar-refractivity contribution < 1.29 is 28.4 Å². The quantitative estimate of drug-likeness (QED) is 0.106. The number of ether oxygens (including phenoxy) is 6. The van der Waals surface area contributed by atoms with Crippen LogP contribution in [0.5, 0.6) is 11.5 Å². The summed E-state index contributed by atoms with van der Waals surface area (Å²) in [5, 5.41) is 4.39. The number of hydrogen-bond donors (Lipinski definition) is 0. The van der Waals surface area contributed by atoms with Gasteiger partial charge in [-0.25, -0.2) is 0 Å². The van der Waals surface area contributed by atoms with E-state index >= 15 is 0 Å². The predicted octanol–water partition coefficient (Wildman–Crippen LogP) is 8.25. The molecule has 230 valence electrons. The number of epoxide rings is 2. The average Bonchev–Trinajstić information content (AvgIpc) is 4.00. The maximum Gasteiger partial charge on any atom is 0.352 e. The van der Waals surface area contributed by atoms with Crippen LogP contribution in [-0.4, -0.2) is 38.4 Å². The molecule has 0 aromatic heterocycles. The van der Waals surface area contributed by atoms with Crippen LogP contribution >= 0.6 is 0 Å². The van der Waals surface area contributed by atoms with Crippen molar-refractivity contribution in [3.8, 4) is 11.5 Å². The summed E-state index contributed by atoms with van der Waals surface area (Å²) in [6.45, 7) is 6.19. The Balaban J connectivity index is 1.30. The maximum absolute atomic E-state index is 6.44. The minimum atomic E-state index is -0.993. The summed E-state index contributed by atoms with van der Waals surface area (Å²) in [6.07, 6.45) is 3.72. The standard InChI is InChI=1S/C39H38O6/c1-3-23-40-38(25-42-38)44-35-19-17-33(28-12-6-8-14-30(28)35)37(22-21-27-11-5-10-16-32(27)37)34-18-20-36(31-15-9-7-13-29(31)34)45-39(26-43-39)41-24-4-2/h5-20H,3-4,21-26H2,1-2H3. The van der Waals surface area contributed by atoms with Crippen molar-refractivity contribution in [1.82, 2.24) is 0 Å². The number of benzene rings is 5. The number of rotatable bonds is 12. The Morgan fingerprint density at radius 1 is 0.556 bits per heavy atom. The zero-order valence-corrected chi connectivity index (χ0v) is 25.8. The Kier molecular flexibility index (Phi) is 7.06. The second kappa shape index (κ2) is 11.1. The third-order valence-electron chi connectivity index (χ3n) is 9.28. The molecule has 8 rings (SSSR count). The lowest BCUT2D eigenvalue weighted by atomic mass is 9.67. The van der Waals surface area contributed by atoms with Gasteiger partial charge in [0.2, 0.25) is 0 Å². The van der Waals surface area contributed by atoms with Gasteiger partial charge in [0, 0.05) is 16.2 Å². The molecular formula is C39H38O6. The average molecular weight is 603 g/mol. The van der Waals surface area contributed by atoms with Crippen LogP contribution in [0, 0.1) is 0 Å². The lowest BCUT2D eigenvalue weighted by molar-refractivity contribution is -0.173. The molecule has 0 amide bonds. The Morgan fingerprint density at radius 2 is 1.02 bits per heavy atom. The van der Waals surface area contributed by atoms with Crippen LogP contribution in [0.1, 0.15) is 55.4 Å². The molecule has 0 N–H and O–H groups in total. The lowest BCUT2D eigenvalue weighted by Crippen LogP contribution is -2.28. The monoisotopic (exact) mass is 602 g/mol. The molecule has 2 atom stereocenters. The van der Waals surface area contributed by atoms with Gasteiger partial charge in [0.15, 0.2) is 0 Å². The highest BCUT2D eigenvalue weighted by Crippen LogP contribution is 2.54. The molecule has 5 aromatic carbocycles. The molecule has 2 heterocycles. The van der Waals surface area contributed by atoms with Crippen molar-refractivity contribution >= 4 is 21.5 Å². The molecule has 3 aliphatic rings. The van der Waals surface area contributed by atoms with Crippen molar-refractivity contribution in [3.05, 3.63) is 119 Å².